The normalized spacial score (nSPS) is 53.0. The first-order chi connectivity index (χ1) is 34.6. The van der Waals surface area contributed by atoms with E-state index in [4.69, 9.17) is 42.6 Å². The van der Waals surface area contributed by atoms with Crippen LogP contribution in [0.2, 0.25) is 0 Å². The maximum Gasteiger partial charge on any atom is 0.337 e. The molecular formula is C53H84O21. The van der Waals surface area contributed by atoms with E-state index in [2.05, 4.69) is 54.5 Å². The molecule has 5 aliphatic carbocycles. The molecule has 9 rings (SSSR count). The lowest BCUT2D eigenvalue weighted by Gasteiger charge is -2.71. The summed E-state index contributed by atoms with van der Waals surface area (Å²) < 4.78 is 52.6. The highest BCUT2D eigenvalue weighted by Gasteiger charge is 2.70. The number of methoxy groups -OCH3 is 1. The average Bonchev–Trinajstić information content (AvgIpc) is 3.35. The van der Waals surface area contributed by atoms with Crippen LogP contribution in [0.3, 0.4) is 0 Å². The van der Waals surface area contributed by atoms with Gasteiger partial charge in [0.2, 0.25) is 6.29 Å². The number of rotatable bonds is 9. The van der Waals surface area contributed by atoms with Crippen molar-refractivity contribution in [2.45, 2.75) is 236 Å². The van der Waals surface area contributed by atoms with Gasteiger partial charge >= 0.3 is 11.9 Å². The molecule has 26 atom stereocenters. The largest absolute Gasteiger partial charge is 0.467 e. The number of hydrogen-bond donors (Lipinski definition) is 10. The zero-order chi connectivity index (χ0) is 54.0. The van der Waals surface area contributed by atoms with Gasteiger partial charge in [-0.05, 0) is 116 Å². The molecule has 4 saturated carbocycles. The third kappa shape index (κ3) is 9.14. The van der Waals surface area contributed by atoms with Crippen LogP contribution in [0.4, 0.5) is 0 Å². The van der Waals surface area contributed by atoms with Crippen molar-refractivity contribution in [2.24, 2.45) is 50.2 Å². The van der Waals surface area contributed by atoms with E-state index in [1.807, 2.05) is 0 Å². The summed E-state index contributed by atoms with van der Waals surface area (Å²) in [7, 11) is 1.15. The summed E-state index contributed by atoms with van der Waals surface area (Å²) in [6, 6.07) is 0. The van der Waals surface area contributed by atoms with Gasteiger partial charge in [0.25, 0.3) is 0 Å². The fourth-order valence-corrected chi connectivity index (χ4v) is 16.0. The van der Waals surface area contributed by atoms with Crippen molar-refractivity contribution in [3.05, 3.63) is 11.6 Å². The molecule has 422 valence electrons. The highest BCUT2D eigenvalue weighted by Crippen LogP contribution is 2.76. The number of carbonyl (C=O) groups is 2. The molecule has 21 nitrogen and oxygen atoms in total. The van der Waals surface area contributed by atoms with Gasteiger partial charge in [-0.2, -0.15) is 0 Å². The van der Waals surface area contributed by atoms with Gasteiger partial charge in [-0.25, -0.2) is 4.79 Å². The fraction of sp³-hybridized carbons (Fsp3) is 0.925. The van der Waals surface area contributed by atoms with Crippen LogP contribution < -0.4 is 0 Å². The van der Waals surface area contributed by atoms with E-state index in [1.54, 1.807) is 0 Å². The number of allylic oxidation sites excluding steroid dienone is 2. The number of ether oxygens (including phenoxy) is 9. The van der Waals surface area contributed by atoms with Crippen LogP contribution in [0, 0.1) is 50.2 Å². The van der Waals surface area contributed by atoms with E-state index in [1.165, 1.54) is 12.5 Å². The van der Waals surface area contributed by atoms with Gasteiger partial charge in [-0.15, -0.1) is 0 Å². The lowest BCUT2D eigenvalue weighted by atomic mass is 9.33. The van der Waals surface area contributed by atoms with Gasteiger partial charge in [0.1, 0.15) is 67.1 Å². The van der Waals surface area contributed by atoms with E-state index < -0.39 is 139 Å². The Labute approximate surface area is 432 Å². The standard InChI is InChI=1S/C53H84O21/c1-23-39(71-43-36(61)31(56)26(54)21-67-43)35(60)38(63)44(69-23)73-41-32(57)27(55)22-68-46(41)74-47(65)53-18-16-48(2,3)20-25(53)24-10-11-29-50(6)14-13-30(70-45-37(62)33(58)34(59)40(72-45)42(64)66-9)49(4,5)28(50)12-15-52(29,8)51(24,7)17-19-53/h10,23,25-41,43-46,54-63H,11-22H2,1-9H3/t23?,25-,26?,27?,28-,29+,30-,31?,32?,33?,34?,35?,36?,37?,38?,39?,40?,41?,43?,44?,45?,46?,50-,51+,52+,53-/m0/s1. The Bertz CT molecular complexity index is 2090. The highest BCUT2D eigenvalue weighted by atomic mass is 16.8. The third-order valence-electron chi connectivity index (χ3n) is 20.8. The van der Waals surface area contributed by atoms with Gasteiger partial charge in [0.05, 0.1) is 37.9 Å². The van der Waals surface area contributed by atoms with Gasteiger partial charge < -0.3 is 93.7 Å². The number of aliphatic hydroxyl groups excluding tert-OH is 10. The van der Waals surface area contributed by atoms with Gasteiger partial charge in [0, 0.05) is 0 Å². The summed E-state index contributed by atoms with van der Waals surface area (Å²) in [5.41, 5.74) is -0.868. The van der Waals surface area contributed by atoms with Crippen LogP contribution in [-0.4, -0.2) is 200 Å². The van der Waals surface area contributed by atoms with Crippen molar-refractivity contribution in [1.82, 2.24) is 0 Å². The third-order valence-corrected chi connectivity index (χ3v) is 20.8. The van der Waals surface area contributed by atoms with Crippen LogP contribution in [0.5, 0.6) is 0 Å². The minimum atomic E-state index is -1.83. The van der Waals surface area contributed by atoms with E-state index >= 15 is 4.79 Å². The summed E-state index contributed by atoms with van der Waals surface area (Å²) in [5, 5.41) is 108. The Morgan fingerprint density at radius 2 is 1.22 bits per heavy atom. The Balaban J connectivity index is 0.927. The molecule has 9 aliphatic rings. The van der Waals surface area contributed by atoms with Crippen LogP contribution in [0.25, 0.3) is 0 Å². The van der Waals surface area contributed by atoms with Crippen molar-refractivity contribution in [3.63, 3.8) is 0 Å². The molecule has 8 fully saturated rings. The van der Waals surface area contributed by atoms with E-state index in [0.717, 1.165) is 45.6 Å². The monoisotopic (exact) mass is 1060 g/mol. The first-order valence-corrected chi connectivity index (χ1v) is 26.9. The van der Waals surface area contributed by atoms with Crippen LogP contribution >= 0.6 is 0 Å². The number of fused-ring (bicyclic) bond motifs is 7. The first-order valence-electron chi connectivity index (χ1n) is 26.9. The minimum absolute atomic E-state index is 0.110. The van der Waals surface area contributed by atoms with Crippen molar-refractivity contribution < 1.29 is 103 Å². The molecule has 18 unspecified atom stereocenters. The number of aliphatic hydroxyl groups is 10. The molecule has 10 N–H and O–H groups in total. The molecule has 0 aromatic heterocycles. The predicted octanol–water partition coefficient (Wildman–Crippen LogP) is 0.451. The molecule has 21 heteroatoms. The highest BCUT2D eigenvalue weighted by molar-refractivity contribution is 5.79. The molecule has 0 bridgehead atoms. The molecule has 4 aliphatic heterocycles. The van der Waals surface area contributed by atoms with Crippen molar-refractivity contribution in [1.29, 1.82) is 0 Å². The summed E-state index contributed by atoms with van der Waals surface area (Å²) in [4.78, 5) is 27.8. The van der Waals surface area contributed by atoms with Crippen LogP contribution in [0.15, 0.2) is 11.6 Å². The first kappa shape index (κ1) is 56.7. The second kappa shape index (κ2) is 20.3. The van der Waals surface area contributed by atoms with E-state index in [0.29, 0.717) is 25.7 Å². The molecule has 0 aromatic rings. The quantitative estimate of drug-likeness (QED) is 0.0852. The fourth-order valence-electron chi connectivity index (χ4n) is 16.0. The number of esters is 2. The maximum atomic E-state index is 15.3. The molecule has 0 radical (unpaired) electrons. The lowest BCUT2D eigenvalue weighted by Crippen LogP contribution is -2.66. The minimum Gasteiger partial charge on any atom is -0.467 e. The second-order valence-corrected chi connectivity index (χ2v) is 25.6. The van der Waals surface area contributed by atoms with Crippen molar-refractivity contribution in [3.8, 4) is 0 Å². The van der Waals surface area contributed by atoms with E-state index in [-0.39, 0.29) is 52.6 Å². The second-order valence-electron chi connectivity index (χ2n) is 25.6. The summed E-state index contributed by atoms with van der Waals surface area (Å²) >= 11 is 0. The van der Waals surface area contributed by atoms with Gasteiger partial charge in [-0.1, -0.05) is 60.1 Å². The molecule has 0 spiro atoms. The van der Waals surface area contributed by atoms with Crippen LogP contribution in [-0.2, 0) is 52.2 Å². The Kier molecular flexibility index (Phi) is 15.5. The maximum absolute atomic E-state index is 15.3. The number of carbonyl (C=O) groups excluding carboxylic acids is 2. The topological polar surface area (TPSA) is 320 Å². The zero-order valence-electron chi connectivity index (χ0n) is 44.2. The summed E-state index contributed by atoms with van der Waals surface area (Å²) in [5.74, 6) is -1.15. The van der Waals surface area contributed by atoms with E-state index in [9.17, 15) is 55.9 Å². The smallest absolute Gasteiger partial charge is 0.337 e. The lowest BCUT2D eigenvalue weighted by molar-refractivity contribution is -0.368. The molecule has 4 heterocycles. The summed E-state index contributed by atoms with van der Waals surface area (Å²) in [6.45, 7) is 16.8. The van der Waals surface area contributed by atoms with Gasteiger partial charge in [-0.3, -0.25) is 4.79 Å². The number of hydrogen-bond acceptors (Lipinski definition) is 21. The Hall–Kier alpha value is -2.00. The Morgan fingerprint density at radius 3 is 1.91 bits per heavy atom. The van der Waals surface area contributed by atoms with Crippen molar-refractivity contribution >= 4 is 11.9 Å². The average molecular weight is 1060 g/mol. The van der Waals surface area contributed by atoms with Gasteiger partial charge in [0.15, 0.2) is 31.1 Å². The molecular weight excluding hydrogens is 973 g/mol. The summed E-state index contributed by atoms with van der Waals surface area (Å²) in [6.07, 6.45) is -18.5. The molecule has 4 saturated heterocycles. The predicted molar refractivity (Wildman–Crippen MR) is 254 cm³/mol. The zero-order valence-corrected chi connectivity index (χ0v) is 44.2. The molecule has 0 aromatic carbocycles. The van der Waals surface area contributed by atoms with Crippen LogP contribution in [0.1, 0.15) is 120 Å². The molecule has 0 amide bonds. The molecule has 74 heavy (non-hydrogen) atoms. The SMILES string of the molecule is COC(=O)C1OC(O[C@H]2CC[C@]3(C)[C@H]4CC=C5[C@@H]6CC(C)(C)CC[C@]6(C(=O)OC6OCC(O)C(O)C6OC6OC(C)C(OC7OCC(O)C(O)C7O)C(O)C6O)CC[C@@]5(C)[C@]4(C)CC[C@H]3C2(C)C)C(O)C(O)C1O. The van der Waals surface area contributed by atoms with Crippen molar-refractivity contribution in [2.75, 3.05) is 20.3 Å². The Morgan fingerprint density at radius 1 is 0.608 bits per heavy atom.